The van der Waals surface area contributed by atoms with Crippen LogP contribution in [0.2, 0.25) is 0 Å². The van der Waals surface area contributed by atoms with Gasteiger partial charge in [0.2, 0.25) is 0 Å². The lowest BCUT2D eigenvalue weighted by molar-refractivity contribution is 0.0396. The predicted molar refractivity (Wildman–Crippen MR) is 86.7 cm³/mol. The molecule has 0 spiro atoms. The van der Waals surface area contributed by atoms with E-state index in [0.717, 1.165) is 30.7 Å². The summed E-state index contributed by atoms with van der Waals surface area (Å²) in [4.78, 5) is 14.2. The Morgan fingerprint density at radius 1 is 1.38 bits per heavy atom. The molecule has 1 aliphatic heterocycles. The monoisotopic (exact) mass is 312 g/mol. The zero-order chi connectivity index (χ0) is 14.5. The molecule has 1 saturated heterocycles. The van der Waals surface area contributed by atoms with Crippen molar-refractivity contribution in [2.45, 2.75) is 32.9 Å². The minimum absolute atomic E-state index is 0. The molecule has 1 aromatic carbocycles. The van der Waals surface area contributed by atoms with E-state index in [1.807, 2.05) is 29.2 Å². The lowest BCUT2D eigenvalue weighted by Gasteiger charge is -2.17. The van der Waals surface area contributed by atoms with Crippen LogP contribution in [-0.2, 0) is 11.3 Å². The largest absolute Gasteiger partial charge is 0.376 e. The first-order chi connectivity index (χ1) is 9.60. The maximum atomic E-state index is 12.4. The molecule has 2 rings (SSSR count). The van der Waals surface area contributed by atoms with Gasteiger partial charge in [0.05, 0.1) is 6.10 Å². The first kappa shape index (κ1) is 18.0. The van der Waals surface area contributed by atoms with E-state index < -0.39 is 0 Å². The van der Waals surface area contributed by atoms with Gasteiger partial charge < -0.3 is 15.4 Å². The van der Waals surface area contributed by atoms with Gasteiger partial charge in [-0.05, 0) is 30.0 Å². The third-order valence-electron chi connectivity index (χ3n) is 3.53. The zero-order valence-corrected chi connectivity index (χ0v) is 13.6. The molecule has 21 heavy (non-hydrogen) atoms. The van der Waals surface area contributed by atoms with Crippen molar-refractivity contribution in [1.29, 1.82) is 0 Å². The molecule has 5 heteroatoms. The molecule has 1 heterocycles. The Morgan fingerprint density at radius 3 is 2.62 bits per heavy atom. The Balaban J connectivity index is 0.00000220. The zero-order valence-electron chi connectivity index (χ0n) is 12.7. The van der Waals surface area contributed by atoms with E-state index in [0.29, 0.717) is 19.0 Å². The van der Waals surface area contributed by atoms with Gasteiger partial charge in [0.25, 0.3) is 5.91 Å². The second-order valence-electron chi connectivity index (χ2n) is 5.79. The van der Waals surface area contributed by atoms with Gasteiger partial charge in [-0.15, -0.1) is 12.4 Å². The van der Waals surface area contributed by atoms with Crippen molar-refractivity contribution >= 4 is 18.3 Å². The number of hydrogen-bond acceptors (Lipinski definition) is 3. The highest BCUT2D eigenvalue weighted by atomic mass is 35.5. The number of benzene rings is 1. The molecule has 2 N–H and O–H groups in total. The van der Waals surface area contributed by atoms with Crippen LogP contribution in [0.15, 0.2) is 24.3 Å². The van der Waals surface area contributed by atoms with Gasteiger partial charge in [-0.25, -0.2) is 0 Å². The number of ether oxygens (including phenoxy) is 1. The number of hydrogen-bond donors (Lipinski definition) is 1. The normalized spacial score (nSPS) is 17.9. The number of carbonyl (C=O) groups is 1. The summed E-state index contributed by atoms with van der Waals surface area (Å²) in [6.07, 6.45) is 1.11. The van der Waals surface area contributed by atoms with Crippen LogP contribution >= 0.6 is 12.4 Å². The summed E-state index contributed by atoms with van der Waals surface area (Å²) < 4.78 is 5.81. The highest BCUT2D eigenvalue weighted by Gasteiger charge is 2.27. The molecule has 118 valence electrons. The Bertz CT molecular complexity index is 448. The van der Waals surface area contributed by atoms with Gasteiger partial charge in [0.15, 0.2) is 0 Å². The molecule has 1 unspecified atom stereocenters. The van der Waals surface area contributed by atoms with Crippen molar-refractivity contribution in [1.82, 2.24) is 4.90 Å². The minimum atomic E-state index is 0. The van der Waals surface area contributed by atoms with E-state index >= 15 is 0 Å². The molecule has 1 amide bonds. The Hall–Kier alpha value is -1.10. The average Bonchev–Trinajstić information content (AvgIpc) is 2.93. The van der Waals surface area contributed by atoms with Crippen LogP contribution in [0.4, 0.5) is 0 Å². The van der Waals surface area contributed by atoms with E-state index in [9.17, 15) is 4.79 Å². The van der Waals surface area contributed by atoms with Crippen LogP contribution in [0.25, 0.3) is 0 Å². The van der Waals surface area contributed by atoms with E-state index in [1.165, 1.54) is 0 Å². The van der Waals surface area contributed by atoms with Crippen LogP contribution in [0.3, 0.4) is 0 Å². The van der Waals surface area contributed by atoms with Crippen LogP contribution < -0.4 is 5.73 Å². The Labute approximate surface area is 133 Å². The summed E-state index contributed by atoms with van der Waals surface area (Å²) in [6, 6.07) is 7.53. The Morgan fingerprint density at radius 2 is 2.05 bits per heavy atom. The molecule has 0 aromatic heterocycles. The van der Waals surface area contributed by atoms with Gasteiger partial charge in [-0.3, -0.25) is 4.79 Å². The second-order valence-corrected chi connectivity index (χ2v) is 5.79. The quantitative estimate of drug-likeness (QED) is 0.908. The van der Waals surface area contributed by atoms with E-state index in [2.05, 4.69) is 13.8 Å². The fraction of sp³-hybridized carbons (Fsp3) is 0.562. The van der Waals surface area contributed by atoms with E-state index in [-0.39, 0.29) is 24.4 Å². The van der Waals surface area contributed by atoms with Crippen molar-refractivity contribution in [3.05, 3.63) is 35.4 Å². The van der Waals surface area contributed by atoms with Crippen molar-refractivity contribution in [2.24, 2.45) is 11.7 Å². The molecule has 4 nitrogen and oxygen atoms in total. The SMILES string of the molecule is CC(C)COC1CCN(C(=O)c2ccc(CN)cc2)C1.Cl. The van der Waals surface area contributed by atoms with Gasteiger partial charge in [-0.2, -0.15) is 0 Å². The van der Waals surface area contributed by atoms with E-state index in [4.69, 9.17) is 10.5 Å². The first-order valence-corrected chi connectivity index (χ1v) is 7.30. The number of rotatable bonds is 5. The third kappa shape index (κ3) is 4.99. The molecular formula is C16H25ClN2O2. The molecule has 1 aliphatic rings. The molecule has 0 aliphatic carbocycles. The summed E-state index contributed by atoms with van der Waals surface area (Å²) in [5.74, 6) is 0.618. The smallest absolute Gasteiger partial charge is 0.253 e. The number of halogens is 1. The second kappa shape index (κ2) is 8.37. The van der Waals surface area contributed by atoms with Crippen LogP contribution in [0, 0.1) is 5.92 Å². The van der Waals surface area contributed by atoms with Crippen molar-refractivity contribution in [3.63, 3.8) is 0 Å². The number of carbonyl (C=O) groups excluding carboxylic acids is 1. The molecular weight excluding hydrogens is 288 g/mol. The maximum Gasteiger partial charge on any atom is 0.253 e. The average molecular weight is 313 g/mol. The highest BCUT2D eigenvalue weighted by molar-refractivity contribution is 5.94. The lowest BCUT2D eigenvalue weighted by atomic mass is 10.1. The standard InChI is InChI=1S/C16H24N2O2.ClH/c1-12(2)11-20-15-7-8-18(10-15)16(19)14-5-3-13(9-17)4-6-14;/h3-6,12,15H,7-11,17H2,1-2H3;1H. The lowest BCUT2D eigenvalue weighted by Crippen LogP contribution is -2.30. The summed E-state index contributed by atoms with van der Waals surface area (Å²) in [6.45, 7) is 7.01. The summed E-state index contributed by atoms with van der Waals surface area (Å²) >= 11 is 0. The number of nitrogens with two attached hydrogens (primary N) is 1. The highest BCUT2D eigenvalue weighted by Crippen LogP contribution is 2.17. The third-order valence-corrected chi connectivity index (χ3v) is 3.53. The van der Waals surface area contributed by atoms with Crippen LogP contribution in [0.1, 0.15) is 36.2 Å². The summed E-state index contributed by atoms with van der Waals surface area (Å²) in [7, 11) is 0. The number of amides is 1. The molecule has 0 bridgehead atoms. The topological polar surface area (TPSA) is 55.6 Å². The Kier molecular flexibility index (Phi) is 7.15. The predicted octanol–water partition coefficient (Wildman–Crippen LogP) is 2.45. The maximum absolute atomic E-state index is 12.4. The van der Waals surface area contributed by atoms with Crippen molar-refractivity contribution < 1.29 is 9.53 Å². The number of nitrogens with zero attached hydrogens (tertiary/aromatic N) is 1. The minimum Gasteiger partial charge on any atom is -0.376 e. The van der Waals surface area contributed by atoms with Crippen LogP contribution in [-0.4, -0.2) is 36.6 Å². The van der Waals surface area contributed by atoms with Gasteiger partial charge >= 0.3 is 0 Å². The van der Waals surface area contributed by atoms with Gasteiger partial charge in [0.1, 0.15) is 0 Å². The molecule has 1 aromatic rings. The molecule has 1 atom stereocenters. The van der Waals surface area contributed by atoms with Crippen molar-refractivity contribution in [2.75, 3.05) is 19.7 Å². The fourth-order valence-corrected chi connectivity index (χ4v) is 2.34. The summed E-state index contributed by atoms with van der Waals surface area (Å²) in [5.41, 5.74) is 7.33. The molecule has 0 radical (unpaired) electrons. The van der Waals surface area contributed by atoms with Crippen LogP contribution in [0.5, 0.6) is 0 Å². The molecule has 1 fully saturated rings. The van der Waals surface area contributed by atoms with Gasteiger partial charge in [-0.1, -0.05) is 26.0 Å². The molecule has 0 saturated carbocycles. The van der Waals surface area contributed by atoms with Gasteiger partial charge in [0, 0.05) is 31.8 Å². The van der Waals surface area contributed by atoms with E-state index in [1.54, 1.807) is 0 Å². The van der Waals surface area contributed by atoms with Crippen molar-refractivity contribution in [3.8, 4) is 0 Å². The first-order valence-electron chi connectivity index (χ1n) is 7.30. The fourth-order valence-electron chi connectivity index (χ4n) is 2.34. The summed E-state index contributed by atoms with van der Waals surface area (Å²) in [5, 5.41) is 0. The number of likely N-dealkylation sites (tertiary alicyclic amines) is 1.